The number of hydrogen-bond acceptors (Lipinski definition) is 2. The van der Waals surface area contributed by atoms with Gasteiger partial charge in [-0.05, 0) is 92.4 Å². The molecule has 156 valence electrons. The van der Waals surface area contributed by atoms with Crippen LogP contribution in [0.4, 0.5) is 11.4 Å². The fourth-order valence-corrected chi connectivity index (χ4v) is 5.67. The highest BCUT2D eigenvalue weighted by molar-refractivity contribution is 5.73. The Kier molecular flexibility index (Phi) is 7.88. The smallest absolute Gasteiger partial charge is 0.0402 e. The SMILES string of the molecule is CCC=CCCCc1c(N)c(C)c(N)c(C2CCCCC2)c1C1CCCCC1. The Bertz CT molecular complexity index is 662. The molecule has 0 unspecified atom stereocenters. The minimum atomic E-state index is 0.656. The first-order valence-corrected chi connectivity index (χ1v) is 12.0. The van der Waals surface area contributed by atoms with E-state index in [0.29, 0.717) is 11.8 Å². The second kappa shape index (κ2) is 10.4. The molecule has 1 aromatic carbocycles. The normalized spacial score (nSPS) is 19.5. The quantitative estimate of drug-likeness (QED) is 0.290. The van der Waals surface area contributed by atoms with Gasteiger partial charge in [-0.1, -0.05) is 57.6 Å². The summed E-state index contributed by atoms with van der Waals surface area (Å²) in [6.45, 7) is 4.36. The molecule has 0 bridgehead atoms. The van der Waals surface area contributed by atoms with Crippen molar-refractivity contribution in [2.45, 2.75) is 116 Å². The molecule has 0 spiro atoms. The molecule has 2 saturated carbocycles. The predicted octanol–water partition coefficient (Wildman–Crippen LogP) is 7.54. The monoisotopic (exact) mass is 382 g/mol. The van der Waals surface area contributed by atoms with Crippen LogP contribution in [0.3, 0.4) is 0 Å². The van der Waals surface area contributed by atoms with Crippen molar-refractivity contribution in [3.63, 3.8) is 0 Å². The van der Waals surface area contributed by atoms with Crippen LogP contribution in [-0.2, 0) is 6.42 Å². The second-order valence-corrected chi connectivity index (χ2v) is 9.20. The standard InChI is InChI=1S/C26H42N2/c1-3-4-5-6-13-18-22-23(20-14-9-7-10-15-20)24(21-16-11-8-12-17-21)26(28)19(2)25(22)27/h4-5,20-21H,3,6-18,27-28H2,1-2H3. The van der Waals surface area contributed by atoms with Crippen LogP contribution in [0.2, 0.25) is 0 Å². The molecule has 0 aromatic heterocycles. The summed E-state index contributed by atoms with van der Waals surface area (Å²) in [6.07, 6.45) is 22.7. The molecule has 2 nitrogen and oxygen atoms in total. The molecular weight excluding hydrogens is 340 g/mol. The van der Waals surface area contributed by atoms with Crippen LogP contribution >= 0.6 is 0 Å². The molecule has 3 rings (SSSR count). The minimum Gasteiger partial charge on any atom is -0.398 e. The van der Waals surface area contributed by atoms with Crippen molar-refractivity contribution in [3.05, 3.63) is 34.4 Å². The molecule has 2 heteroatoms. The first-order chi connectivity index (χ1) is 13.6. The Morgan fingerprint density at radius 2 is 1.36 bits per heavy atom. The van der Waals surface area contributed by atoms with Crippen molar-refractivity contribution < 1.29 is 0 Å². The van der Waals surface area contributed by atoms with Crippen molar-refractivity contribution in [2.24, 2.45) is 0 Å². The van der Waals surface area contributed by atoms with Gasteiger partial charge in [0.05, 0.1) is 0 Å². The lowest BCUT2D eigenvalue weighted by atomic mass is 9.72. The third kappa shape index (κ3) is 4.75. The van der Waals surface area contributed by atoms with Crippen molar-refractivity contribution in [1.29, 1.82) is 0 Å². The van der Waals surface area contributed by atoms with E-state index < -0.39 is 0 Å². The van der Waals surface area contributed by atoms with Gasteiger partial charge in [0.2, 0.25) is 0 Å². The average Bonchev–Trinajstić information content (AvgIpc) is 2.74. The van der Waals surface area contributed by atoms with Crippen molar-refractivity contribution in [2.75, 3.05) is 11.5 Å². The van der Waals surface area contributed by atoms with E-state index in [-0.39, 0.29) is 0 Å². The number of hydrogen-bond donors (Lipinski definition) is 2. The fourth-order valence-electron chi connectivity index (χ4n) is 5.67. The maximum atomic E-state index is 6.79. The summed E-state index contributed by atoms with van der Waals surface area (Å²) < 4.78 is 0. The first kappa shape index (κ1) is 21.3. The van der Waals surface area contributed by atoms with E-state index in [9.17, 15) is 0 Å². The molecule has 0 radical (unpaired) electrons. The lowest BCUT2D eigenvalue weighted by Gasteiger charge is -2.34. The molecule has 0 amide bonds. The van der Waals surface area contributed by atoms with Gasteiger partial charge in [0.15, 0.2) is 0 Å². The van der Waals surface area contributed by atoms with Gasteiger partial charge in [-0.25, -0.2) is 0 Å². The summed E-state index contributed by atoms with van der Waals surface area (Å²) in [6, 6.07) is 0. The number of nitrogen functional groups attached to an aromatic ring is 2. The van der Waals surface area contributed by atoms with Crippen LogP contribution in [0.25, 0.3) is 0 Å². The first-order valence-electron chi connectivity index (χ1n) is 12.0. The molecule has 2 fully saturated rings. The fraction of sp³-hybridized carbons (Fsp3) is 0.692. The number of anilines is 2. The number of allylic oxidation sites excluding steroid dienone is 2. The zero-order chi connectivity index (χ0) is 19.9. The van der Waals surface area contributed by atoms with E-state index in [0.717, 1.165) is 36.2 Å². The van der Waals surface area contributed by atoms with Gasteiger partial charge in [-0.2, -0.15) is 0 Å². The van der Waals surface area contributed by atoms with E-state index in [1.807, 2.05) is 0 Å². The van der Waals surface area contributed by atoms with E-state index >= 15 is 0 Å². The number of rotatable bonds is 7. The van der Waals surface area contributed by atoms with Gasteiger partial charge >= 0.3 is 0 Å². The van der Waals surface area contributed by atoms with Gasteiger partial charge < -0.3 is 11.5 Å². The Morgan fingerprint density at radius 1 is 0.786 bits per heavy atom. The highest BCUT2D eigenvalue weighted by atomic mass is 14.7. The second-order valence-electron chi connectivity index (χ2n) is 9.20. The van der Waals surface area contributed by atoms with Crippen LogP contribution < -0.4 is 11.5 Å². The van der Waals surface area contributed by atoms with Crippen LogP contribution in [0.15, 0.2) is 12.2 Å². The van der Waals surface area contributed by atoms with E-state index in [1.165, 1.54) is 81.8 Å². The van der Waals surface area contributed by atoms with Gasteiger partial charge in [-0.15, -0.1) is 0 Å². The zero-order valence-electron chi connectivity index (χ0n) is 18.4. The molecular formula is C26H42N2. The van der Waals surface area contributed by atoms with Gasteiger partial charge in [-0.3, -0.25) is 0 Å². The molecule has 0 atom stereocenters. The summed E-state index contributed by atoms with van der Waals surface area (Å²) >= 11 is 0. The lowest BCUT2D eigenvalue weighted by molar-refractivity contribution is 0.417. The molecule has 0 aliphatic heterocycles. The van der Waals surface area contributed by atoms with E-state index in [4.69, 9.17) is 11.5 Å². The molecule has 2 aliphatic carbocycles. The molecule has 4 N–H and O–H groups in total. The molecule has 0 saturated heterocycles. The Balaban J connectivity index is 2.01. The highest BCUT2D eigenvalue weighted by Crippen LogP contribution is 2.48. The number of nitrogens with two attached hydrogens (primary N) is 2. The Hall–Kier alpha value is -1.44. The topological polar surface area (TPSA) is 52.0 Å². The van der Waals surface area contributed by atoms with Gasteiger partial charge in [0, 0.05) is 11.4 Å². The third-order valence-electron chi connectivity index (χ3n) is 7.27. The maximum absolute atomic E-state index is 6.79. The van der Waals surface area contributed by atoms with Crippen LogP contribution in [-0.4, -0.2) is 0 Å². The largest absolute Gasteiger partial charge is 0.398 e. The van der Waals surface area contributed by atoms with Crippen molar-refractivity contribution >= 4 is 11.4 Å². The Labute approximate surface area is 173 Å². The maximum Gasteiger partial charge on any atom is 0.0402 e. The Morgan fingerprint density at radius 3 is 1.93 bits per heavy atom. The predicted molar refractivity (Wildman–Crippen MR) is 124 cm³/mol. The van der Waals surface area contributed by atoms with E-state index in [2.05, 4.69) is 26.0 Å². The zero-order valence-corrected chi connectivity index (χ0v) is 18.4. The van der Waals surface area contributed by atoms with E-state index in [1.54, 1.807) is 5.56 Å². The summed E-state index contributed by atoms with van der Waals surface area (Å²) in [7, 11) is 0. The molecule has 2 aliphatic rings. The van der Waals surface area contributed by atoms with Gasteiger partial charge in [0.25, 0.3) is 0 Å². The summed E-state index contributed by atoms with van der Waals surface area (Å²) in [5.41, 5.74) is 21.3. The highest BCUT2D eigenvalue weighted by Gasteiger charge is 2.30. The average molecular weight is 383 g/mol. The van der Waals surface area contributed by atoms with Crippen molar-refractivity contribution in [1.82, 2.24) is 0 Å². The summed E-state index contributed by atoms with van der Waals surface area (Å²) in [4.78, 5) is 0. The van der Waals surface area contributed by atoms with Crippen molar-refractivity contribution in [3.8, 4) is 0 Å². The summed E-state index contributed by atoms with van der Waals surface area (Å²) in [5, 5.41) is 0. The number of unbranched alkanes of at least 4 members (excludes halogenated alkanes) is 1. The lowest BCUT2D eigenvalue weighted by Crippen LogP contribution is -2.19. The summed E-state index contributed by atoms with van der Waals surface area (Å²) in [5.74, 6) is 1.33. The van der Waals surface area contributed by atoms with Crippen LogP contribution in [0, 0.1) is 6.92 Å². The van der Waals surface area contributed by atoms with Gasteiger partial charge in [0.1, 0.15) is 0 Å². The number of benzene rings is 1. The molecule has 28 heavy (non-hydrogen) atoms. The van der Waals surface area contributed by atoms with Crippen LogP contribution in [0.5, 0.6) is 0 Å². The molecule has 1 aromatic rings. The third-order valence-corrected chi connectivity index (χ3v) is 7.27. The van der Waals surface area contributed by atoms with Crippen LogP contribution in [0.1, 0.15) is 124 Å². The minimum absolute atomic E-state index is 0.656. The molecule has 0 heterocycles.